The Hall–Kier alpha value is 0.01000. The van der Waals surface area contributed by atoms with E-state index >= 15 is 0 Å². The van der Waals surface area contributed by atoms with E-state index in [1.807, 2.05) is 0 Å². The fraction of sp³-hybridized carbons (Fsp3) is 0.647. The zero-order valence-electron chi connectivity index (χ0n) is 12.6. The Kier molecular flexibility index (Phi) is 6.44. The molecule has 1 aliphatic carbocycles. The van der Waals surface area contributed by atoms with E-state index in [0.29, 0.717) is 0 Å². The molecule has 3 atom stereocenters. The molecule has 3 unspecified atom stereocenters. The molecule has 112 valence electrons. The van der Waals surface area contributed by atoms with Crippen LogP contribution in [0.2, 0.25) is 0 Å². The first-order valence-corrected chi connectivity index (χ1v) is 9.46. The van der Waals surface area contributed by atoms with E-state index in [2.05, 4.69) is 59.7 Å². The molecule has 0 heterocycles. The first-order valence-electron chi connectivity index (χ1n) is 7.79. The summed E-state index contributed by atoms with van der Waals surface area (Å²) in [5, 5.41) is 0.788. The summed E-state index contributed by atoms with van der Waals surface area (Å²) < 4.78 is 1.16. The predicted molar refractivity (Wildman–Crippen MR) is 93.4 cm³/mol. The van der Waals surface area contributed by atoms with Gasteiger partial charge in [-0.2, -0.15) is 0 Å². The van der Waals surface area contributed by atoms with Crippen LogP contribution >= 0.6 is 27.7 Å². The molecule has 1 fully saturated rings. The second kappa shape index (κ2) is 7.86. The van der Waals surface area contributed by atoms with Gasteiger partial charge in [-0.1, -0.05) is 42.6 Å². The van der Waals surface area contributed by atoms with Crippen molar-refractivity contribution in [3.8, 4) is 0 Å². The average Bonchev–Trinajstić information content (AvgIpc) is 2.42. The Labute approximate surface area is 136 Å². The quantitative estimate of drug-likeness (QED) is 0.764. The van der Waals surface area contributed by atoms with Crippen molar-refractivity contribution in [3.63, 3.8) is 0 Å². The highest BCUT2D eigenvalue weighted by Gasteiger charge is 2.21. The Morgan fingerprint density at radius 2 is 2.20 bits per heavy atom. The molecule has 1 aromatic rings. The summed E-state index contributed by atoms with van der Waals surface area (Å²) in [4.78, 5) is 1.44. The minimum absolute atomic E-state index is 0.272. The molecule has 1 saturated carbocycles. The molecule has 0 aromatic heterocycles. The van der Waals surface area contributed by atoms with Crippen molar-refractivity contribution in [2.45, 2.75) is 68.6 Å². The molecule has 0 spiro atoms. The zero-order chi connectivity index (χ0) is 14.5. The normalized spacial score (nSPS) is 24.6. The van der Waals surface area contributed by atoms with E-state index in [0.717, 1.165) is 28.5 Å². The van der Waals surface area contributed by atoms with Crippen molar-refractivity contribution in [3.05, 3.63) is 28.2 Å². The molecule has 1 aromatic carbocycles. The van der Waals surface area contributed by atoms with Crippen molar-refractivity contribution in [1.29, 1.82) is 0 Å². The first-order chi connectivity index (χ1) is 9.58. The summed E-state index contributed by atoms with van der Waals surface area (Å²) in [6.45, 7) is 4.56. The van der Waals surface area contributed by atoms with Gasteiger partial charge in [0, 0.05) is 20.7 Å². The summed E-state index contributed by atoms with van der Waals surface area (Å²) in [6, 6.07) is 6.96. The largest absolute Gasteiger partial charge is 0.327 e. The van der Waals surface area contributed by atoms with Crippen LogP contribution in [-0.4, -0.2) is 11.3 Å². The third-order valence-electron chi connectivity index (χ3n) is 4.21. The maximum absolute atomic E-state index is 6.15. The van der Waals surface area contributed by atoms with Crippen LogP contribution in [0.15, 0.2) is 27.6 Å². The van der Waals surface area contributed by atoms with Crippen LogP contribution in [0.1, 0.15) is 51.5 Å². The molecular formula is C17H26BrNS. The predicted octanol–water partition coefficient (Wildman–Crippen LogP) is 5.40. The van der Waals surface area contributed by atoms with E-state index in [1.165, 1.54) is 36.1 Å². The molecular weight excluding hydrogens is 330 g/mol. The lowest BCUT2D eigenvalue weighted by Gasteiger charge is -2.27. The van der Waals surface area contributed by atoms with Gasteiger partial charge in [0.25, 0.3) is 0 Å². The highest BCUT2D eigenvalue weighted by atomic mass is 79.9. The van der Waals surface area contributed by atoms with Crippen LogP contribution < -0.4 is 5.73 Å². The summed E-state index contributed by atoms with van der Waals surface area (Å²) in [5.74, 6) is 0.887. The van der Waals surface area contributed by atoms with E-state index in [9.17, 15) is 0 Å². The van der Waals surface area contributed by atoms with Gasteiger partial charge in [0.15, 0.2) is 0 Å². The van der Waals surface area contributed by atoms with Crippen molar-refractivity contribution in [2.24, 2.45) is 11.7 Å². The van der Waals surface area contributed by atoms with Gasteiger partial charge in [0.1, 0.15) is 0 Å². The third-order valence-corrected chi connectivity index (χ3v) is 6.12. The van der Waals surface area contributed by atoms with E-state index in [1.54, 1.807) is 0 Å². The van der Waals surface area contributed by atoms with Gasteiger partial charge in [-0.05, 0) is 55.4 Å². The molecule has 3 heteroatoms. The van der Waals surface area contributed by atoms with E-state index in [4.69, 9.17) is 5.73 Å². The van der Waals surface area contributed by atoms with Gasteiger partial charge in [0.2, 0.25) is 0 Å². The topological polar surface area (TPSA) is 26.0 Å². The SMILES string of the molecule is CCC(N)Cc1cc(Br)ccc1SC1CCCC(C)C1. The second-order valence-corrected chi connectivity index (χ2v) is 8.39. The lowest BCUT2D eigenvalue weighted by atomic mass is 9.91. The van der Waals surface area contributed by atoms with Gasteiger partial charge in [-0.15, -0.1) is 11.8 Å². The van der Waals surface area contributed by atoms with Crippen molar-refractivity contribution < 1.29 is 0 Å². The van der Waals surface area contributed by atoms with Crippen molar-refractivity contribution in [1.82, 2.24) is 0 Å². The molecule has 20 heavy (non-hydrogen) atoms. The van der Waals surface area contributed by atoms with Gasteiger partial charge >= 0.3 is 0 Å². The Morgan fingerprint density at radius 1 is 1.40 bits per heavy atom. The average molecular weight is 356 g/mol. The van der Waals surface area contributed by atoms with Crippen LogP contribution in [0.5, 0.6) is 0 Å². The van der Waals surface area contributed by atoms with Crippen molar-refractivity contribution in [2.75, 3.05) is 0 Å². The van der Waals surface area contributed by atoms with Gasteiger partial charge < -0.3 is 5.73 Å². The number of thioether (sulfide) groups is 1. The molecule has 2 N–H and O–H groups in total. The Bertz CT molecular complexity index is 435. The van der Waals surface area contributed by atoms with Gasteiger partial charge in [-0.3, -0.25) is 0 Å². The Balaban J connectivity index is 2.09. The number of hydrogen-bond donors (Lipinski definition) is 1. The smallest absolute Gasteiger partial charge is 0.0178 e. The number of hydrogen-bond acceptors (Lipinski definition) is 2. The number of nitrogens with two attached hydrogens (primary N) is 1. The highest BCUT2D eigenvalue weighted by Crippen LogP contribution is 2.38. The molecule has 0 saturated heterocycles. The first kappa shape index (κ1) is 16.4. The fourth-order valence-electron chi connectivity index (χ4n) is 2.91. The summed E-state index contributed by atoms with van der Waals surface area (Å²) in [6.07, 6.45) is 7.55. The maximum atomic E-state index is 6.15. The molecule has 0 amide bonds. The molecule has 0 bridgehead atoms. The molecule has 1 nitrogen and oxygen atoms in total. The molecule has 0 radical (unpaired) electrons. The van der Waals surface area contributed by atoms with Gasteiger partial charge in [-0.25, -0.2) is 0 Å². The Morgan fingerprint density at radius 3 is 2.90 bits per heavy atom. The standard InChI is InChI=1S/C17H26BrNS/c1-3-15(19)11-13-10-14(18)7-8-17(13)20-16-6-4-5-12(2)9-16/h7-8,10,12,15-16H,3-6,9,11,19H2,1-2H3. The third kappa shape index (κ3) is 4.78. The number of benzene rings is 1. The second-order valence-electron chi connectivity index (χ2n) is 6.14. The van der Waals surface area contributed by atoms with Crippen LogP contribution in [-0.2, 0) is 6.42 Å². The summed E-state index contributed by atoms with van der Waals surface area (Å²) in [5.41, 5.74) is 7.57. The lowest BCUT2D eigenvalue weighted by Crippen LogP contribution is -2.22. The van der Waals surface area contributed by atoms with Crippen LogP contribution in [0.25, 0.3) is 0 Å². The zero-order valence-corrected chi connectivity index (χ0v) is 15.0. The minimum Gasteiger partial charge on any atom is -0.327 e. The van der Waals surface area contributed by atoms with Crippen molar-refractivity contribution >= 4 is 27.7 Å². The summed E-state index contributed by atoms with van der Waals surface area (Å²) >= 11 is 5.67. The number of halogens is 1. The molecule has 2 rings (SSSR count). The summed E-state index contributed by atoms with van der Waals surface area (Å²) in [7, 11) is 0. The van der Waals surface area contributed by atoms with E-state index < -0.39 is 0 Å². The van der Waals surface area contributed by atoms with Gasteiger partial charge in [0.05, 0.1) is 0 Å². The highest BCUT2D eigenvalue weighted by molar-refractivity contribution is 9.10. The monoisotopic (exact) mass is 355 g/mol. The van der Waals surface area contributed by atoms with E-state index in [-0.39, 0.29) is 6.04 Å². The number of rotatable bonds is 5. The van der Waals surface area contributed by atoms with Crippen LogP contribution in [0.3, 0.4) is 0 Å². The molecule has 0 aliphatic heterocycles. The lowest BCUT2D eigenvalue weighted by molar-refractivity contribution is 0.394. The van der Waals surface area contributed by atoms with Crippen LogP contribution in [0, 0.1) is 5.92 Å². The molecule has 1 aliphatic rings. The minimum atomic E-state index is 0.272. The maximum Gasteiger partial charge on any atom is 0.0178 e. The van der Waals surface area contributed by atoms with Crippen LogP contribution in [0.4, 0.5) is 0 Å². The fourth-order valence-corrected chi connectivity index (χ4v) is 4.83.